The van der Waals surface area contributed by atoms with E-state index in [9.17, 15) is 4.79 Å². The number of rotatable bonds is 2. The van der Waals surface area contributed by atoms with Crippen LogP contribution in [0, 0.1) is 0 Å². The Kier molecular flexibility index (Phi) is 3.14. The molecule has 0 atom stereocenters. The first-order valence-electron chi connectivity index (χ1n) is 4.02. The highest BCUT2D eigenvalue weighted by Gasteiger charge is 2.00. The zero-order chi connectivity index (χ0) is 9.26. The summed E-state index contributed by atoms with van der Waals surface area (Å²) in [6.45, 7) is 0.0225. The van der Waals surface area contributed by atoms with Crippen molar-refractivity contribution >= 4 is 29.1 Å². The molecule has 0 radical (unpaired) electrons. The third kappa shape index (κ3) is 2.06. The highest BCUT2D eigenvalue weighted by molar-refractivity contribution is 5.85. The SMILES string of the molecule is Cl.O=C(O)Cn1cc2ccccc2c1. The van der Waals surface area contributed by atoms with Gasteiger partial charge in [-0.1, -0.05) is 24.3 Å². The molecule has 0 aliphatic rings. The van der Waals surface area contributed by atoms with Crippen molar-refractivity contribution < 1.29 is 9.90 Å². The maximum atomic E-state index is 10.4. The van der Waals surface area contributed by atoms with Gasteiger partial charge in [0, 0.05) is 12.4 Å². The van der Waals surface area contributed by atoms with Crippen LogP contribution in [0.3, 0.4) is 0 Å². The van der Waals surface area contributed by atoms with Crippen molar-refractivity contribution in [3.8, 4) is 0 Å². The second kappa shape index (κ2) is 4.15. The lowest BCUT2D eigenvalue weighted by molar-refractivity contribution is -0.137. The van der Waals surface area contributed by atoms with Crippen LogP contribution in [-0.4, -0.2) is 15.6 Å². The van der Waals surface area contributed by atoms with Gasteiger partial charge < -0.3 is 9.67 Å². The largest absolute Gasteiger partial charge is 0.480 e. The zero-order valence-corrected chi connectivity index (χ0v) is 8.20. The van der Waals surface area contributed by atoms with Gasteiger partial charge in [-0.15, -0.1) is 12.4 Å². The standard InChI is InChI=1S/C10H9NO2.ClH/c12-10(13)7-11-5-8-3-1-2-4-9(8)6-11;/h1-6H,7H2,(H,12,13);1H. The van der Waals surface area contributed by atoms with Crippen molar-refractivity contribution in [1.29, 1.82) is 0 Å². The molecule has 0 saturated carbocycles. The van der Waals surface area contributed by atoms with Crippen LogP contribution in [-0.2, 0) is 11.3 Å². The van der Waals surface area contributed by atoms with Gasteiger partial charge in [0.25, 0.3) is 0 Å². The summed E-state index contributed by atoms with van der Waals surface area (Å²) in [4.78, 5) is 10.4. The summed E-state index contributed by atoms with van der Waals surface area (Å²) in [5.74, 6) is -0.819. The Bertz CT molecular complexity index is 417. The van der Waals surface area contributed by atoms with E-state index in [2.05, 4.69) is 0 Å². The number of carbonyl (C=O) groups is 1. The molecule has 1 aromatic heterocycles. The van der Waals surface area contributed by atoms with Crippen LogP contribution in [0.2, 0.25) is 0 Å². The molecule has 2 rings (SSSR count). The topological polar surface area (TPSA) is 42.2 Å². The van der Waals surface area contributed by atoms with E-state index in [4.69, 9.17) is 5.11 Å². The van der Waals surface area contributed by atoms with Crippen LogP contribution < -0.4 is 0 Å². The van der Waals surface area contributed by atoms with Crippen LogP contribution in [0.15, 0.2) is 36.7 Å². The van der Waals surface area contributed by atoms with Gasteiger partial charge in [0.2, 0.25) is 0 Å². The summed E-state index contributed by atoms with van der Waals surface area (Å²) in [6, 6.07) is 7.81. The van der Waals surface area contributed by atoms with Crippen LogP contribution in [0.4, 0.5) is 0 Å². The number of halogens is 1. The molecule has 0 amide bonds. The maximum Gasteiger partial charge on any atom is 0.323 e. The summed E-state index contributed by atoms with van der Waals surface area (Å²) in [6.07, 6.45) is 3.67. The maximum absolute atomic E-state index is 10.4. The zero-order valence-electron chi connectivity index (χ0n) is 7.38. The number of hydrogen-bond acceptors (Lipinski definition) is 1. The average molecular weight is 212 g/mol. The van der Waals surface area contributed by atoms with Gasteiger partial charge in [-0.2, -0.15) is 0 Å². The second-order valence-corrected chi connectivity index (χ2v) is 2.95. The lowest BCUT2D eigenvalue weighted by Crippen LogP contribution is -2.05. The smallest absolute Gasteiger partial charge is 0.323 e. The number of hydrogen-bond donors (Lipinski definition) is 1. The molecular formula is C10H10ClNO2. The Morgan fingerprint density at radius 1 is 1.21 bits per heavy atom. The number of carboxylic acids is 1. The number of benzene rings is 1. The fourth-order valence-corrected chi connectivity index (χ4v) is 1.39. The van der Waals surface area contributed by atoms with E-state index in [1.807, 2.05) is 36.7 Å². The molecule has 3 nitrogen and oxygen atoms in total. The Hall–Kier alpha value is -1.48. The van der Waals surface area contributed by atoms with E-state index < -0.39 is 5.97 Å². The molecule has 14 heavy (non-hydrogen) atoms. The molecule has 4 heteroatoms. The van der Waals surface area contributed by atoms with Gasteiger partial charge in [-0.3, -0.25) is 4.79 Å². The van der Waals surface area contributed by atoms with Crippen molar-refractivity contribution in [3.05, 3.63) is 36.7 Å². The number of fused-ring (bicyclic) bond motifs is 1. The highest BCUT2D eigenvalue weighted by atomic mass is 35.5. The molecule has 0 unspecified atom stereocenters. The lowest BCUT2D eigenvalue weighted by atomic mass is 10.2. The molecule has 1 N–H and O–H groups in total. The van der Waals surface area contributed by atoms with Gasteiger partial charge in [0.15, 0.2) is 0 Å². The number of aliphatic carboxylic acids is 1. The molecule has 0 bridgehead atoms. The van der Waals surface area contributed by atoms with Crippen molar-refractivity contribution in [2.24, 2.45) is 0 Å². The van der Waals surface area contributed by atoms with E-state index in [0.29, 0.717) is 0 Å². The predicted octanol–water partition coefficient (Wildman–Crippen LogP) is 2.15. The average Bonchev–Trinajstić information content (AvgIpc) is 2.44. The summed E-state index contributed by atoms with van der Waals surface area (Å²) >= 11 is 0. The van der Waals surface area contributed by atoms with Crippen LogP contribution >= 0.6 is 12.4 Å². The number of carboxylic acid groups (broad SMARTS) is 1. The molecular weight excluding hydrogens is 202 g/mol. The van der Waals surface area contributed by atoms with Gasteiger partial charge >= 0.3 is 5.97 Å². The van der Waals surface area contributed by atoms with E-state index in [0.717, 1.165) is 10.8 Å². The van der Waals surface area contributed by atoms with Crippen LogP contribution in [0.1, 0.15) is 0 Å². The van der Waals surface area contributed by atoms with Gasteiger partial charge in [0.1, 0.15) is 6.54 Å². The summed E-state index contributed by atoms with van der Waals surface area (Å²) < 4.78 is 1.67. The van der Waals surface area contributed by atoms with Crippen molar-refractivity contribution in [3.63, 3.8) is 0 Å². The monoisotopic (exact) mass is 211 g/mol. The fraction of sp³-hybridized carbons (Fsp3) is 0.100. The van der Waals surface area contributed by atoms with E-state index >= 15 is 0 Å². The third-order valence-electron chi connectivity index (χ3n) is 1.92. The highest BCUT2D eigenvalue weighted by Crippen LogP contribution is 2.13. The summed E-state index contributed by atoms with van der Waals surface area (Å²) in [7, 11) is 0. The summed E-state index contributed by atoms with van der Waals surface area (Å²) in [5.41, 5.74) is 0. The van der Waals surface area contributed by atoms with Gasteiger partial charge in [-0.25, -0.2) is 0 Å². The quantitative estimate of drug-likeness (QED) is 0.827. The molecule has 0 aliphatic carbocycles. The minimum atomic E-state index is -0.819. The molecule has 1 aromatic carbocycles. The molecule has 0 spiro atoms. The van der Waals surface area contributed by atoms with Gasteiger partial charge in [-0.05, 0) is 10.8 Å². The molecule has 0 aliphatic heterocycles. The molecule has 0 saturated heterocycles. The Balaban J connectivity index is 0.000000980. The number of aromatic nitrogens is 1. The first kappa shape index (κ1) is 10.6. The Labute approximate surface area is 87.4 Å². The molecule has 0 fully saturated rings. The molecule has 2 aromatic rings. The first-order chi connectivity index (χ1) is 6.25. The van der Waals surface area contributed by atoms with E-state index in [1.54, 1.807) is 4.57 Å². The Morgan fingerprint density at radius 3 is 2.14 bits per heavy atom. The Morgan fingerprint density at radius 2 is 1.71 bits per heavy atom. The minimum absolute atomic E-state index is 0. The van der Waals surface area contributed by atoms with Crippen molar-refractivity contribution in [2.75, 3.05) is 0 Å². The lowest BCUT2D eigenvalue weighted by Gasteiger charge is -1.93. The molecule has 1 heterocycles. The van der Waals surface area contributed by atoms with Crippen molar-refractivity contribution in [1.82, 2.24) is 4.57 Å². The van der Waals surface area contributed by atoms with Gasteiger partial charge in [0.05, 0.1) is 0 Å². The normalized spacial score (nSPS) is 9.71. The first-order valence-corrected chi connectivity index (χ1v) is 4.02. The fourth-order valence-electron chi connectivity index (χ4n) is 1.39. The third-order valence-corrected chi connectivity index (χ3v) is 1.92. The van der Waals surface area contributed by atoms with E-state index in [1.165, 1.54) is 0 Å². The number of nitrogens with zero attached hydrogens (tertiary/aromatic N) is 1. The summed E-state index contributed by atoms with van der Waals surface area (Å²) in [5, 5.41) is 10.7. The van der Waals surface area contributed by atoms with Crippen LogP contribution in [0.5, 0.6) is 0 Å². The molecule has 74 valence electrons. The minimum Gasteiger partial charge on any atom is -0.480 e. The van der Waals surface area contributed by atoms with E-state index in [-0.39, 0.29) is 19.0 Å². The second-order valence-electron chi connectivity index (χ2n) is 2.95. The predicted molar refractivity (Wildman–Crippen MR) is 56.8 cm³/mol. The van der Waals surface area contributed by atoms with Crippen LogP contribution in [0.25, 0.3) is 10.8 Å². The van der Waals surface area contributed by atoms with Crippen molar-refractivity contribution in [2.45, 2.75) is 6.54 Å².